The minimum absolute atomic E-state index is 0.0541. The maximum atomic E-state index is 13.3. The van der Waals surface area contributed by atoms with Crippen molar-refractivity contribution in [3.8, 4) is 0 Å². The summed E-state index contributed by atoms with van der Waals surface area (Å²) in [4.78, 5) is 21.1. The molecule has 3 unspecified atom stereocenters. The van der Waals surface area contributed by atoms with E-state index in [9.17, 15) is 41.0 Å². The molecule has 2 aliphatic carbocycles. The second-order valence-electron chi connectivity index (χ2n) is 5.23. The van der Waals surface area contributed by atoms with Crippen molar-refractivity contribution in [3.63, 3.8) is 0 Å². The van der Waals surface area contributed by atoms with Crippen LogP contribution in [0.4, 0.5) is 26.3 Å². The van der Waals surface area contributed by atoms with Crippen LogP contribution in [0.2, 0.25) is 0 Å². The number of rotatable bonds is 5. The quantitative estimate of drug-likeness (QED) is 0.431. The van der Waals surface area contributed by atoms with Gasteiger partial charge >= 0.3 is 23.7 Å². The van der Waals surface area contributed by atoms with Crippen LogP contribution in [0.15, 0.2) is 12.2 Å². The second-order valence-corrected chi connectivity index (χ2v) is 5.23. The van der Waals surface area contributed by atoms with Gasteiger partial charge in [-0.1, -0.05) is 12.2 Å². The number of allylic oxidation sites excluding steroid dienone is 1. The Balaban J connectivity index is 2.16. The van der Waals surface area contributed by atoms with Crippen LogP contribution < -0.4 is 5.11 Å². The molecule has 2 aliphatic rings. The smallest absolute Gasteiger partial charge is 0.411 e. The van der Waals surface area contributed by atoms with Gasteiger partial charge in [0.15, 0.2) is 0 Å². The van der Waals surface area contributed by atoms with Crippen LogP contribution in [-0.2, 0) is 14.3 Å². The Bertz CT molecular complexity index is 530. The molecule has 0 aromatic carbocycles. The van der Waals surface area contributed by atoms with Gasteiger partial charge in [-0.3, -0.25) is 0 Å². The predicted octanol–water partition coefficient (Wildman–Crippen LogP) is 1.15. The number of carbonyl (C=O) groups is 2. The average Bonchev–Trinajstić information content (AvgIpc) is 3.00. The Morgan fingerprint density at radius 1 is 1.00 bits per heavy atom. The number of fused-ring (bicyclic) bond motifs is 2. The van der Waals surface area contributed by atoms with Crippen LogP contribution in [0.3, 0.4) is 0 Å². The SMILES string of the molecule is O=C([O-])C(F)(F)C(F)(F)C(F)(F)C(=O)OC1CC2C=CC1C2. The summed E-state index contributed by atoms with van der Waals surface area (Å²) < 4.78 is 82.5. The number of hydrogen-bond donors (Lipinski definition) is 0. The molecule has 1 fully saturated rings. The maximum absolute atomic E-state index is 13.3. The predicted molar refractivity (Wildman–Crippen MR) is 55.1 cm³/mol. The van der Waals surface area contributed by atoms with Crippen LogP contribution in [0, 0.1) is 11.8 Å². The third-order valence-corrected chi connectivity index (χ3v) is 3.78. The molecule has 0 heterocycles. The molecule has 0 spiro atoms. The van der Waals surface area contributed by atoms with Gasteiger partial charge in [0, 0.05) is 5.92 Å². The van der Waals surface area contributed by atoms with E-state index in [4.69, 9.17) is 0 Å². The average molecular weight is 331 g/mol. The fourth-order valence-corrected chi connectivity index (χ4v) is 2.53. The van der Waals surface area contributed by atoms with Gasteiger partial charge in [0.1, 0.15) is 12.1 Å². The highest BCUT2D eigenvalue weighted by Crippen LogP contribution is 2.47. The minimum atomic E-state index is -6.48. The zero-order valence-electron chi connectivity index (χ0n) is 10.7. The Labute approximate surface area is 119 Å². The van der Waals surface area contributed by atoms with Gasteiger partial charge in [-0.05, 0) is 18.8 Å². The molecule has 22 heavy (non-hydrogen) atoms. The van der Waals surface area contributed by atoms with E-state index in [0.29, 0.717) is 6.42 Å². The van der Waals surface area contributed by atoms with E-state index in [-0.39, 0.29) is 12.3 Å². The first-order valence-corrected chi connectivity index (χ1v) is 6.15. The maximum Gasteiger partial charge on any atom is 0.411 e. The Morgan fingerprint density at radius 3 is 2.00 bits per heavy atom. The van der Waals surface area contributed by atoms with Crippen molar-refractivity contribution in [3.05, 3.63) is 12.2 Å². The number of esters is 1. The van der Waals surface area contributed by atoms with Crippen molar-refractivity contribution in [2.45, 2.75) is 36.7 Å². The molecule has 0 amide bonds. The highest BCUT2D eigenvalue weighted by atomic mass is 19.3. The molecule has 0 aliphatic heterocycles. The van der Waals surface area contributed by atoms with Crippen LogP contribution in [0.1, 0.15) is 12.8 Å². The van der Waals surface area contributed by atoms with Gasteiger partial charge in [-0.25, -0.2) is 4.79 Å². The fourth-order valence-electron chi connectivity index (χ4n) is 2.53. The van der Waals surface area contributed by atoms with Gasteiger partial charge in [0.2, 0.25) is 0 Å². The first kappa shape index (κ1) is 16.6. The number of hydrogen-bond acceptors (Lipinski definition) is 4. The number of carboxylic acid groups (broad SMARTS) is 1. The molecular formula is C12H9F6O4-. The zero-order valence-corrected chi connectivity index (χ0v) is 10.7. The summed E-state index contributed by atoms with van der Waals surface area (Å²) in [5.41, 5.74) is 0. The molecule has 2 bridgehead atoms. The molecule has 10 heteroatoms. The van der Waals surface area contributed by atoms with Crippen molar-refractivity contribution in [1.82, 2.24) is 0 Å². The lowest BCUT2D eigenvalue weighted by molar-refractivity contribution is -0.366. The summed E-state index contributed by atoms with van der Waals surface area (Å²) in [7, 11) is 0. The Kier molecular flexibility index (Phi) is 3.69. The number of alkyl halides is 6. The lowest BCUT2D eigenvalue weighted by atomic mass is 10.0. The molecule has 0 aromatic rings. The van der Waals surface area contributed by atoms with Crippen molar-refractivity contribution in [1.29, 1.82) is 0 Å². The summed E-state index contributed by atoms with van der Waals surface area (Å²) in [5, 5.41) is 9.95. The van der Waals surface area contributed by atoms with Crippen molar-refractivity contribution >= 4 is 11.9 Å². The summed E-state index contributed by atoms with van der Waals surface area (Å²) in [5.74, 6) is -25.8. The summed E-state index contributed by atoms with van der Waals surface area (Å²) >= 11 is 0. The molecule has 0 aromatic heterocycles. The standard InChI is InChI=1S/C12H10F6O4/c13-10(14,8(19)20)12(17,18)11(15,16)9(21)22-7-4-5-1-2-6(7)3-5/h1-2,5-7H,3-4H2,(H,19,20)/p-1. The van der Waals surface area contributed by atoms with Crippen molar-refractivity contribution in [2.24, 2.45) is 11.8 Å². The van der Waals surface area contributed by atoms with Crippen LogP contribution in [0.5, 0.6) is 0 Å². The van der Waals surface area contributed by atoms with E-state index in [1.807, 2.05) is 0 Å². The molecule has 0 N–H and O–H groups in total. The Morgan fingerprint density at radius 2 is 1.59 bits per heavy atom. The van der Waals surface area contributed by atoms with E-state index in [2.05, 4.69) is 4.74 Å². The third kappa shape index (κ3) is 2.24. The van der Waals surface area contributed by atoms with E-state index >= 15 is 0 Å². The first-order valence-electron chi connectivity index (χ1n) is 6.15. The monoisotopic (exact) mass is 331 g/mol. The molecule has 4 nitrogen and oxygen atoms in total. The number of ether oxygens (including phenoxy) is 1. The van der Waals surface area contributed by atoms with Gasteiger partial charge in [0.25, 0.3) is 0 Å². The van der Waals surface area contributed by atoms with Gasteiger partial charge in [-0.15, -0.1) is 0 Å². The summed E-state index contributed by atoms with van der Waals surface area (Å²) in [6.45, 7) is 0. The number of carboxylic acids is 1. The van der Waals surface area contributed by atoms with E-state index in [1.54, 1.807) is 12.2 Å². The van der Waals surface area contributed by atoms with Gasteiger partial charge in [0.05, 0.1) is 0 Å². The minimum Gasteiger partial charge on any atom is -0.544 e. The number of aliphatic carboxylic acids is 1. The molecule has 0 saturated heterocycles. The number of carbonyl (C=O) groups excluding carboxylic acids is 2. The fraction of sp³-hybridized carbons (Fsp3) is 0.667. The lowest BCUT2D eigenvalue weighted by Gasteiger charge is -2.32. The molecule has 3 atom stereocenters. The molecule has 0 radical (unpaired) electrons. The topological polar surface area (TPSA) is 66.4 Å². The molecule has 2 rings (SSSR count). The highest BCUT2D eigenvalue weighted by Gasteiger charge is 2.76. The van der Waals surface area contributed by atoms with Crippen LogP contribution >= 0.6 is 0 Å². The van der Waals surface area contributed by atoms with Crippen LogP contribution in [-0.4, -0.2) is 35.8 Å². The van der Waals surface area contributed by atoms with E-state index in [0.717, 1.165) is 0 Å². The van der Waals surface area contributed by atoms with Gasteiger partial charge in [-0.2, -0.15) is 26.3 Å². The molecule has 1 saturated carbocycles. The van der Waals surface area contributed by atoms with E-state index in [1.165, 1.54) is 0 Å². The summed E-state index contributed by atoms with van der Waals surface area (Å²) in [6, 6.07) is 0. The van der Waals surface area contributed by atoms with Crippen molar-refractivity contribution in [2.75, 3.05) is 0 Å². The van der Waals surface area contributed by atoms with Crippen molar-refractivity contribution < 1.29 is 45.8 Å². The Hall–Kier alpha value is -1.74. The van der Waals surface area contributed by atoms with E-state index < -0.39 is 41.7 Å². The van der Waals surface area contributed by atoms with Gasteiger partial charge < -0.3 is 14.6 Å². The zero-order chi connectivity index (χ0) is 16.9. The van der Waals surface area contributed by atoms with Crippen LogP contribution in [0.25, 0.3) is 0 Å². The number of halogens is 6. The lowest BCUT2D eigenvalue weighted by Crippen LogP contribution is -2.64. The third-order valence-electron chi connectivity index (χ3n) is 3.78. The molecule has 124 valence electrons. The normalized spacial score (nSPS) is 28.0. The second kappa shape index (κ2) is 4.88. The summed E-state index contributed by atoms with van der Waals surface area (Å²) in [6.07, 6.45) is 2.77. The highest BCUT2D eigenvalue weighted by molar-refractivity contribution is 5.83. The largest absolute Gasteiger partial charge is 0.544 e. The molecular weight excluding hydrogens is 322 g/mol. The first-order chi connectivity index (χ1) is 9.91.